The minimum Gasteiger partial charge on any atom is -0.390 e. The van der Waals surface area contributed by atoms with Crippen LogP contribution in [0.4, 0.5) is 5.69 Å². The van der Waals surface area contributed by atoms with Crippen LogP contribution in [-0.4, -0.2) is 23.2 Å². The van der Waals surface area contributed by atoms with E-state index in [0.717, 1.165) is 44.3 Å². The van der Waals surface area contributed by atoms with Gasteiger partial charge in [0.05, 0.1) is 11.0 Å². The third-order valence-corrected chi connectivity index (χ3v) is 6.53. The number of rotatable bonds is 3. The van der Waals surface area contributed by atoms with Gasteiger partial charge in [0.25, 0.3) is 0 Å². The van der Waals surface area contributed by atoms with Crippen molar-refractivity contribution in [3.8, 4) is 0 Å². The van der Waals surface area contributed by atoms with Gasteiger partial charge >= 0.3 is 0 Å². The first-order valence-electron chi connectivity index (χ1n) is 9.42. The third-order valence-electron chi connectivity index (χ3n) is 6.53. The molecule has 2 fully saturated rings. The van der Waals surface area contributed by atoms with Gasteiger partial charge < -0.3 is 10.0 Å². The predicted octanol–water partition coefficient (Wildman–Crippen LogP) is 4.49. The van der Waals surface area contributed by atoms with Gasteiger partial charge in [0.2, 0.25) is 5.91 Å². The maximum absolute atomic E-state index is 13.1. The van der Waals surface area contributed by atoms with Crippen molar-refractivity contribution in [2.24, 2.45) is 11.3 Å². The van der Waals surface area contributed by atoms with Crippen molar-refractivity contribution in [2.45, 2.75) is 71.3 Å². The summed E-state index contributed by atoms with van der Waals surface area (Å²) in [7, 11) is 0. The van der Waals surface area contributed by atoms with Crippen molar-refractivity contribution in [2.75, 3.05) is 11.4 Å². The molecular formula is C21H31NO2. The molecule has 1 aromatic rings. The second-order valence-electron chi connectivity index (χ2n) is 8.49. The molecule has 1 aliphatic heterocycles. The van der Waals surface area contributed by atoms with Crippen molar-refractivity contribution in [3.63, 3.8) is 0 Å². The quantitative estimate of drug-likeness (QED) is 0.887. The van der Waals surface area contributed by atoms with Crippen LogP contribution in [-0.2, 0) is 4.79 Å². The molecule has 2 aliphatic rings. The first-order chi connectivity index (χ1) is 11.3. The van der Waals surface area contributed by atoms with Crippen LogP contribution < -0.4 is 4.90 Å². The van der Waals surface area contributed by atoms with Crippen LogP contribution in [0.1, 0.15) is 71.3 Å². The Morgan fingerprint density at radius 2 is 1.54 bits per heavy atom. The molecule has 0 unspecified atom stereocenters. The number of hydrogen-bond acceptors (Lipinski definition) is 2. The number of nitrogens with zero attached hydrogens (tertiary/aromatic N) is 1. The Balaban J connectivity index is 1.74. The lowest BCUT2D eigenvalue weighted by Gasteiger charge is -2.43. The molecule has 1 amide bonds. The molecule has 1 aliphatic carbocycles. The van der Waals surface area contributed by atoms with E-state index in [4.69, 9.17) is 0 Å². The number of carbonyl (C=O) groups excluding carboxylic acids is 1. The molecule has 3 heteroatoms. The molecule has 1 saturated carbocycles. The smallest absolute Gasteiger partial charge is 0.233 e. The Morgan fingerprint density at radius 3 is 2.04 bits per heavy atom. The Bertz CT molecular complexity index is 595. The molecular weight excluding hydrogens is 298 g/mol. The first kappa shape index (κ1) is 17.5. The molecule has 1 saturated heterocycles. The summed E-state index contributed by atoms with van der Waals surface area (Å²) in [5.74, 6) is 1.03. The van der Waals surface area contributed by atoms with Crippen LogP contribution in [0.3, 0.4) is 0 Å². The summed E-state index contributed by atoms with van der Waals surface area (Å²) in [6.07, 6.45) is 4.06. The highest BCUT2D eigenvalue weighted by Crippen LogP contribution is 2.50. The van der Waals surface area contributed by atoms with Crippen LogP contribution >= 0.6 is 0 Å². The number of hydrogen-bond donors (Lipinski definition) is 1. The van der Waals surface area contributed by atoms with E-state index >= 15 is 0 Å². The Kier molecular flexibility index (Phi) is 4.50. The largest absolute Gasteiger partial charge is 0.390 e. The highest BCUT2D eigenvalue weighted by molar-refractivity contribution is 6.00. The predicted molar refractivity (Wildman–Crippen MR) is 98.2 cm³/mol. The van der Waals surface area contributed by atoms with E-state index in [9.17, 15) is 9.90 Å². The summed E-state index contributed by atoms with van der Waals surface area (Å²) in [6.45, 7) is 9.33. The van der Waals surface area contributed by atoms with Gasteiger partial charge in [-0.25, -0.2) is 0 Å². The van der Waals surface area contributed by atoms with Gasteiger partial charge in [-0.1, -0.05) is 39.8 Å². The summed E-state index contributed by atoms with van der Waals surface area (Å²) in [5, 5.41) is 10.7. The third kappa shape index (κ3) is 2.88. The monoisotopic (exact) mass is 329 g/mol. The molecule has 1 N–H and O–H groups in total. The highest BCUT2D eigenvalue weighted by atomic mass is 16.3. The normalized spacial score (nSPS) is 30.8. The number of benzene rings is 1. The number of aliphatic hydroxyl groups is 1. The Labute approximate surface area is 146 Å². The number of amides is 1. The molecule has 3 nitrogen and oxygen atoms in total. The summed E-state index contributed by atoms with van der Waals surface area (Å²) in [5.41, 5.74) is 1.50. The summed E-state index contributed by atoms with van der Waals surface area (Å²) < 4.78 is 0. The molecule has 0 aromatic heterocycles. The summed E-state index contributed by atoms with van der Waals surface area (Å²) in [4.78, 5) is 15.1. The van der Waals surface area contributed by atoms with E-state index in [1.807, 2.05) is 4.90 Å². The number of anilines is 1. The molecule has 1 spiro atoms. The lowest BCUT2D eigenvalue weighted by molar-refractivity contribution is -0.132. The van der Waals surface area contributed by atoms with E-state index in [0.29, 0.717) is 5.92 Å². The van der Waals surface area contributed by atoms with Crippen LogP contribution in [0.5, 0.6) is 0 Å². The molecule has 0 radical (unpaired) electrons. The van der Waals surface area contributed by atoms with Gasteiger partial charge in [-0.15, -0.1) is 0 Å². The lowest BCUT2D eigenvalue weighted by atomic mass is 9.65. The molecule has 0 bridgehead atoms. The molecule has 132 valence electrons. The van der Waals surface area contributed by atoms with Gasteiger partial charge in [-0.05, 0) is 61.6 Å². The fourth-order valence-electron chi connectivity index (χ4n) is 4.31. The Morgan fingerprint density at radius 1 is 0.958 bits per heavy atom. The summed E-state index contributed by atoms with van der Waals surface area (Å²) in [6, 6.07) is 8.44. The van der Waals surface area contributed by atoms with Gasteiger partial charge in [0, 0.05) is 12.2 Å². The van der Waals surface area contributed by atoms with Crippen LogP contribution in [0.15, 0.2) is 24.3 Å². The van der Waals surface area contributed by atoms with Crippen LogP contribution in [0.2, 0.25) is 0 Å². The van der Waals surface area contributed by atoms with E-state index in [1.165, 1.54) is 5.56 Å². The average molecular weight is 329 g/mol. The molecule has 0 atom stereocenters. The standard InChI is InChI=1S/C21H31NO2/c1-15(2)17-5-7-18(8-6-17)22-14-13-20(19(22)23)9-11-21(24,12-10-20)16(3)4/h5-8,15-16,24H,9-14H2,1-4H3/t20-,21+. The second-order valence-corrected chi connectivity index (χ2v) is 8.49. The van der Waals surface area contributed by atoms with Crippen molar-refractivity contribution >= 4 is 11.6 Å². The van der Waals surface area contributed by atoms with Gasteiger partial charge in [0.1, 0.15) is 0 Å². The lowest BCUT2D eigenvalue weighted by Crippen LogP contribution is -2.46. The minimum absolute atomic E-state index is 0.238. The first-order valence-corrected chi connectivity index (χ1v) is 9.42. The van der Waals surface area contributed by atoms with E-state index in [2.05, 4.69) is 52.0 Å². The van der Waals surface area contributed by atoms with Gasteiger partial charge in [-0.2, -0.15) is 0 Å². The van der Waals surface area contributed by atoms with E-state index in [-0.39, 0.29) is 17.2 Å². The van der Waals surface area contributed by atoms with Crippen molar-refractivity contribution in [1.29, 1.82) is 0 Å². The van der Waals surface area contributed by atoms with E-state index < -0.39 is 5.60 Å². The number of carbonyl (C=O) groups is 1. The maximum atomic E-state index is 13.1. The maximum Gasteiger partial charge on any atom is 0.233 e. The highest BCUT2D eigenvalue weighted by Gasteiger charge is 2.52. The van der Waals surface area contributed by atoms with Gasteiger partial charge in [0.15, 0.2) is 0 Å². The molecule has 24 heavy (non-hydrogen) atoms. The zero-order chi connectivity index (χ0) is 17.5. The van der Waals surface area contributed by atoms with E-state index in [1.54, 1.807) is 0 Å². The topological polar surface area (TPSA) is 40.5 Å². The van der Waals surface area contributed by atoms with Gasteiger partial charge in [-0.3, -0.25) is 4.79 Å². The fraction of sp³-hybridized carbons (Fsp3) is 0.667. The second kappa shape index (κ2) is 6.18. The van der Waals surface area contributed by atoms with Crippen LogP contribution in [0, 0.1) is 11.3 Å². The average Bonchev–Trinajstić information content (AvgIpc) is 2.87. The van der Waals surface area contributed by atoms with Crippen LogP contribution in [0.25, 0.3) is 0 Å². The van der Waals surface area contributed by atoms with Crippen molar-refractivity contribution in [1.82, 2.24) is 0 Å². The SMILES string of the molecule is CC(C)c1ccc(N2CC[C@]3(CC[C@@](O)(C(C)C)CC3)C2=O)cc1. The molecule has 1 heterocycles. The summed E-state index contributed by atoms with van der Waals surface area (Å²) >= 11 is 0. The minimum atomic E-state index is -0.585. The molecule has 3 rings (SSSR count). The van der Waals surface area contributed by atoms with Crippen molar-refractivity contribution in [3.05, 3.63) is 29.8 Å². The Hall–Kier alpha value is -1.35. The zero-order valence-electron chi connectivity index (χ0n) is 15.5. The zero-order valence-corrected chi connectivity index (χ0v) is 15.5. The molecule has 1 aromatic carbocycles. The fourth-order valence-corrected chi connectivity index (χ4v) is 4.31. The van der Waals surface area contributed by atoms with Crippen molar-refractivity contribution < 1.29 is 9.90 Å².